The fraction of sp³-hybridized carbons (Fsp3) is 0. The summed E-state index contributed by atoms with van der Waals surface area (Å²) >= 11 is 5.93. The lowest BCUT2D eigenvalue weighted by atomic mass is 10.3. The largest absolute Gasteiger partial charge is 0.152 e. The molecule has 0 saturated heterocycles. The highest BCUT2D eigenvalue weighted by Gasteiger charge is 2.03. The molecule has 0 atom stereocenters. The lowest BCUT2D eigenvalue weighted by molar-refractivity contribution is 1.81. The number of hydrogen-bond donors (Lipinski definition) is 0. The van der Waals surface area contributed by atoms with Gasteiger partial charge in [-0.1, -0.05) is 0 Å². The van der Waals surface area contributed by atoms with Crippen molar-refractivity contribution < 1.29 is 0 Å². The SMILES string of the molecule is Ic1ccsc1-c1ccsc1. The maximum atomic E-state index is 2.37. The van der Waals surface area contributed by atoms with E-state index in [0.717, 1.165) is 0 Å². The summed E-state index contributed by atoms with van der Waals surface area (Å²) in [5.74, 6) is 0. The third kappa shape index (κ3) is 1.50. The minimum absolute atomic E-state index is 1.35. The maximum Gasteiger partial charge on any atom is 0.0484 e. The molecule has 0 aromatic carbocycles. The molecule has 2 aromatic heterocycles. The second-order valence-corrected chi connectivity index (χ2v) is 4.97. The van der Waals surface area contributed by atoms with Crippen molar-refractivity contribution in [3.8, 4) is 10.4 Å². The molecule has 0 aliphatic carbocycles. The van der Waals surface area contributed by atoms with Gasteiger partial charge in [-0.25, -0.2) is 0 Å². The van der Waals surface area contributed by atoms with Crippen LogP contribution < -0.4 is 0 Å². The molecule has 0 fully saturated rings. The van der Waals surface area contributed by atoms with Crippen molar-refractivity contribution in [3.05, 3.63) is 31.8 Å². The number of hydrogen-bond acceptors (Lipinski definition) is 2. The number of rotatable bonds is 1. The Bertz CT molecular complexity index is 335. The third-order valence-corrected chi connectivity index (χ3v) is 4.31. The first-order valence-corrected chi connectivity index (χ1v) is 6.03. The summed E-state index contributed by atoms with van der Waals surface area (Å²) in [7, 11) is 0. The van der Waals surface area contributed by atoms with Crippen LogP contribution in [0.25, 0.3) is 10.4 Å². The van der Waals surface area contributed by atoms with E-state index in [1.807, 2.05) is 0 Å². The third-order valence-electron chi connectivity index (χ3n) is 1.40. The van der Waals surface area contributed by atoms with Crippen LogP contribution in [-0.2, 0) is 0 Å². The maximum absolute atomic E-state index is 2.37. The Morgan fingerprint density at radius 2 is 2.09 bits per heavy atom. The van der Waals surface area contributed by atoms with Gasteiger partial charge in [0.25, 0.3) is 0 Å². The lowest BCUT2D eigenvalue weighted by Crippen LogP contribution is -1.66. The van der Waals surface area contributed by atoms with Gasteiger partial charge < -0.3 is 0 Å². The van der Waals surface area contributed by atoms with Gasteiger partial charge in [0.15, 0.2) is 0 Å². The van der Waals surface area contributed by atoms with Crippen LogP contribution in [0.2, 0.25) is 0 Å². The molecule has 11 heavy (non-hydrogen) atoms. The zero-order valence-electron chi connectivity index (χ0n) is 5.58. The van der Waals surface area contributed by atoms with Gasteiger partial charge in [0.05, 0.1) is 0 Å². The first-order valence-electron chi connectivity index (χ1n) is 3.13. The molecule has 0 N–H and O–H groups in total. The molecule has 0 spiro atoms. The molecular weight excluding hydrogens is 287 g/mol. The van der Waals surface area contributed by atoms with Crippen LogP contribution in [-0.4, -0.2) is 0 Å². The molecule has 0 unspecified atom stereocenters. The molecule has 3 heteroatoms. The quantitative estimate of drug-likeness (QED) is 0.695. The zero-order valence-corrected chi connectivity index (χ0v) is 9.37. The molecule has 2 aromatic rings. The summed E-state index contributed by atoms with van der Waals surface area (Å²) < 4.78 is 1.35. The Labute approximate surface area is 87.0 Å². The van der Waals surface area contributed by atoms with Crippen molar-refractivity contribution in [1.29, 1.82) is 0 Å². The molecule has 0 amide bonds. The first-order chi connectivity index (χ1) is 5.38. The van der Waals surface area contributed by atoms with E-state index >= 15 is 0 Å². The Hall–Kier alpha value is 0.130. The highest BCUT2D eigenvalue weighted by molar-refractivity contribution is 14.1. The van der Waals surface area contributed by atoms with E-state index in [1.165, 1.54) is 14.0 Å². The molecule has 2 rings (SSSR count). The van der Waals surface area contributed by atoms with E-state index in [9.17, 15) is 0 Å². The van der Waals surface area contributed by atoms with Gasteiger partial charge in [-0.3, -0.25) is 0 Å². The van der Waals surface area contributed by atoms with Crippen molar-refractivity contribution >= 4 is 45.3 Å². The van der Waals surface area contributed by atoms with E-state index in [2.05, 4.69) is 50.9 Å². The summed E-state index contributed by atoms with van der Waals surface area (Å²) in [6.45, 7) is 0. The van der Waals surface area contributed by atoms with Crippen molar-refractivity contribution in [2.24, 2.45) is 0 Å². The summed E-state index contributed by atoms with van der Waals surface area (Å²) in [6.07, 6.45) is 0. The van der Waals surface area contributed by atoms with Crippen molar-refractivity contribution in [3.63, 3.8) is 0 Å². The fourth-order valence-corrected chi connectivity index (χ4v) is 3.52. The van der Waals surface area contributed by atoms with E-state index < -0.39 is 0 Å². The second kappa shape index (κ2) is 3.25. The van der Waals surface area contributed by atoms with Gasteiger partial charge in [0.2, 0.25) is 0 Å². The van der Waals surface area contributed by atoms with E-state index in [0.29, 0.717) is 0 Å². The number of thiophene rings is 2. The molecule has 0 saturated carbocycles. The number of halogens is 1. The predicted octanol–water partition coefficient (Wildman–Crippen LogP) is 4.08. The Kier molecular flexibility index (Phi) is 2.29. The van der Waals surface area contributed by atoms with Crippen LogP contribution in [0.4, 0.5) is 0 Å². The average molecular weight is 292 g/mol. The minimum atomic E-state index is 1.35. The smallest absolute Gasteiger partial charge is 0.0484 e. The van der Waals surface area contributed by atoms with Gasteiger partial charge >= 0.3 is 0 Å². The molecule has 56 valence electrons. The highest BCUT2D eigenvalue weighted by Crippen LogP contribution is 2.31. The Morgan fingerprint density at radius 1 is 1.18 bits per heavy atom. The van der Waals surface area contributed by atoms with E-state index in [4.69, 9.17) is 0 Å². The Morgan fingerprint density at radius 3 is 2.64 bits per heavy atom. The summed E-state index contributed by atoms with van der Waals surface area (Å²) in [6, 6.07) is 4.32. The van der Waals surface area contributed by atoms with Crippen LogP contribution in [0.1, 0.15) is 0 Å². The Balaban J connectivity index is 2.53. The van der Waals surface area contributed by atoms with E-state index in [1.54, 1.807) is 22.7 Å². The van der Waals surface area contributed by atoms with Gasteiger partial charge in [-0.05, 0) is 50.9 Å². The lowest BCUT2D eigenvalue weighted by Gasteiger charge is -1.90. The molecule has 0 nitrogen and oxygen atoms in total. The highest BCUT2D eigenvalue weighted by atomic mass is 127. The van der Waals surface area contributed by atoms with Crippen LogP contribution >= 0.6 is 45.3 Å². The van der Waals surface area contributed by atoms with E-state index in [-0.39, 0.29) is 0 Å². The van der Waals surface area contributed by atoms with Crippen molar-refractivity contribution in [1.82, 2.24) is 0 Å². The summed E-state index contributed by atoms with van der Waals surface area (Å²) in [4.78, 5) is 1.40. The van der Waals surface area contributed by atoms with Crippen LogP contribution in [0.15, 0.2) is 28.3 Å². The van der Waals surface area contributed by atoms with Gasteiger partial charge in [0.1, 0.15) is 0 Å². The van der Waals surface area contributed by atoms with Crippen LogP contribution in [0, 0.1) is 3.57 Å². The normalized spacial score (nSPS) is 10.3. The van der Waals surface area contributed by atoms with Crippen LogP contribution in [0.3, 0.4) is 0 Å². The average Bonchev–Trinajstić information content (AvgIpc) is 2.55. The predicted molar refractivity (Wildman–Crippen MR) is 60.3 cm³/mol. The monoisotopic (exact) mass is 292 g/mol. The molecule has 0 aliphatic rings. The summed E-state index contributed by atoms with van der Waals surface area (Å²) in [5.41, 5.74) is 1.36. The second-order valence-electron chi connectivity index (χ2n) is 2.11. The molecule has 0 radical (unpaired) electrons. The summed E-state index contributed by atoms with van der Waals surface area (Å²) in [5, 5.41) is 6.44. The first kappa shape index (κ1) is 7.76. The van der Waals surface area contributed by atoms with Crippen molar-refractivity contribution in [2.45, 2.75) is 0 Å². The molecule has 2 heterocycles. The van der Waals surface area contributed by atoms with Gasteiger partial charge in [-0.2, -0.15) is 11.3 Å². The standard InChI is InChI=1S/C8H5IS2/c9-7-2-4-11-8(7)6-1-3-10-5-6/h1-5H. The zero-order chi connectivity index (χ0) is 7.68. The van der Waals surface area contributed by atoms with Gasteiger partial charge in [0, 0.05) is 14.0 Å². The van der Waals surface area contributed by atoms with Crippen LogP contribution in [0.5, 0.6) is 0 Å². The van der Waals surface area contributed by atoms with Gasteiger partial charge in [-0.15, -0.1) is 11.3 Å². The van der Waals surface area contributed by atoms with Crippen molar-refractivity contribution in [2.75, 3.05) is 0 Å². The molecule has 0 bridgehead atoms. The minimum Gasteiger partial charge on any atom is -0.152 e. The molecular formula is C8H5IS2. The topological polar surface area (TPSA) is 0 Å². The fourth-order valence-electron chi connectivity index (χ4n) is 0.893. The molecule has 0 aliphatic heterocycles.